The summed E-state index contributed by atoms with van der Waals surface area (Å²) in [7, 11) is -15.3. The third-order valence-corrected chi connectivity index (χ3v) is 37.4. The summed E-state index contributed by atoms with van der Waals surface area (Å²) in [6, 6.07) is 13.9. The zero-order chi connectivity index (χ0) is 39.0. The predicted octanol–water partition coefficient (Wildman–Crippen LogP) is 3.78. The predicted molar refractivity (Wildman–Crippen MR) is 226 cm³/mol. The number of benzene rings is 2. The Labute approximate surface area is 338 Å². The summed E-state index contributed by atoms with van der Waals surface area (Å²) >= 11 is 0. The molecule has 55 heavy (non-hydrogen) atoms. The number of hydrogen-bond donors (Lipinski definition) is 0. The minimum Gasteiger partial charge on any atom is -0.490 e. The minimum absolute atomic E-state index is 0.123. The van der Waals surface area contributed by atoms with E-state index in [2.05, 4.69) is 63.5 Å². The second kappa shape index (κ2) is 20.3. The van der Waals surface area contributed by atoms with Gasteiger partial charge in [0.2, 0.25) is 0 Å². The first kappa shape index (κ1) is 43.6. The van der Waals surface area contributed by atoms with Crippen LogP contribution in [-0.4, -0.2) is 125 Å². The molecule has 0 radical (unpaired) electrons. The molecule has 4 aliphatic rings. The van der Waals surface area contributed by atoms with Crippen molar-refractivity contribution in [3.63, 3.8) is 0 Å². The Kier molecular flexibility index (Phi) is 16.1. The van der Waals surface area contributed by atoms with Gasteiger partial charge >= 0.3 is 17.1 Å². The Morgan fingerprint density at radius 1 is 0.527 bits per heavy atom. The van der Waals surface area contributed by atoms with Gasteiger partial charge in [-0.3, -0.25) is 0 Å². The van der Waals surface area contributed by atoms with E-state index in [1.807, 2.05) is 25.2 Å². The van der Waals surface area contributed by atoms with Crippen molar-refractivity contribution in [2.45, 2.75) is 95.9 Å². The highest BCUT2D eigenvalue weighted by Gasteiger charge is 2.40. The van der Waals surface area contributed by atoms with Gasteiger partial charge in [0, 0.05) is 0 Å². The molecule has 22 heteroatoms. The van der Waals surface area contributed by atoms with Crippen molar-refractivity contribution in [3.8, 4) is 23.0 Å². The first-order valence-electron chi connectivity index (χ1n) is 19.7. The van der Waals surface area contributed by atoms with E-state index in [9.17, 15) is 0 Å². The average molecular weight is 906 g/mol. The van der Waals surface area contributed by atoms with Crippen LogP contribution in [0.5, 0.6) is 23.0 Å². The Morgan fingerprint density at radius 2 is 0.891 bits per heavy atom. The van der Waals surface area contributed by atoms with Crippen LogP contribution in [0, 0.1) is 0 Å². The first-order valence-corrected chi connectivity index (χ1v) is 37.3. The summed E-state index contributed by atoms with van der Waals surface area (Å²) in [5.41, 5.74) is 2.18. The molecule has 2 aromatic carbocycles. The highest BCUT2D eigenvalue weighted by molar-refractivity contribution is 6.82. The van der Waals surface area contributed by atoms with Crippen molar-refractivity contribution in [1.29, 1.82) is 0 Å². The molecule has 4 fully saturated rings. The van der Waals surface area contributed by atoms with Crippen LogP contribution < -0.4 is 18.9 Å². The van der Waals surface area contributed by atoms with Gasteiger partial charge in [0.15, 0.2) is 23.0 Å². The Balaban J connectivity index is 1.05. The lowest BCUT2D eigenvalue weighted by atomic mass is 10.0. The molecule has 0 amide bonds. The van der Waals surface area contributed by atoms with Crippen LogP contribution in [0.1, 0.15) is 24.0 Å². The van der Waals surface area contributed by atoms with Gasteiger partial charge in [-0.2, -0.15) is 0 Å². The molecule has 0 saturated carbocycles. The molecule has 0 bridgehead atoms. The molecule has 0 N–H and O–H groups in total. The van der Waals surface area contributed by atoms with Crippen LogP contribution in [-0.2, 0) is 48.8 Å². The lowest BCUT2D eigenvalue weighted by Gasteiger charge is -2.37. The fourth-order valence-electron chi connectivity index (χ4n) is 6.82. The zero-order valence-electron chi connectivity index (χ0n) is 33.6. The van der Waals surface area contributed by atoms with Crippen LogP contribution in [0.25, 0.3) is 0 Å². The smallest absolute Gasteiger partial charge is 0.317 e. The third kappa shape index (κ3) is 14.6. The summed E-state index contributed by atoms with van der Waals surface area (Å²) in [4.78, 5) is 0. The Hall–Kier alpha value is -1.02. The van der Waals surface area contributed by atoms with Crippen molar-refractivity contribution in [1.82, 2.24) is 0 Å². The van der Waals surface area contributed by atoms with Gasteiger partial charge in [-0.05, 0) is 119 Å². The van der Waals surface area contributed by atoms with Gasteiger partial charge < -0.3 is 61.3 Å². The normalized spacial score (nSPS) is 33.7. The largest absolute Gasteiger partial charge is 0.490 e. The monoisotopic (exact) mass is 904 g/mol. The molecule has 14 nitrogen and oxygen atoms in total. The maximum absolute atomic E-state index is 6.45. The number of epoxide rings is 2. The van der Waals surface area contributed by atoms with Crippen LogP contribution in [0.15, 0.2) is 36.4 Å². The summed E-state index contributed by atoms with van der Waals surface area (Å²) in [6.07, 6.45) is 2.51. The third-order valence-electron chi connectivity index (χ3n) is 9.34. The van der Waals surface area contributed by atoms with Crippen molar-refractivity contribution in [2.24, 2.45) is 0 Å². The molecule has 4 heterocycles. The Morgan fingerprint density at radius 3 is 1.24 bits per heavy atom. The van der Waals surface area contributed by atoms with E-state index < -0.39 is 72.8 Å². The topological polar surface area (TPSA) is 136 Å². The molecule has 4 saturated heterocycles. The Bertz CT molecular complexity index is 1390. The van der Waals surface area contributed by atoms with Crippen LogP contribution in [0.4, 0.5) is 0 Å². The molecule has 4 aliphatic heterocycles. The number of hydrogen-bond acceptors (Lipinski definition) is 14. The van der Waals surface area contributed by atoms with E-state index in [0.717, 1.165) is 49.3 Å². The van der Waals surface area contributed by atoms with Gasteiger partial charge in [0.25, 0.3) is 55.7 Å². The fourth-order valence-corrected chi connectivity index (χ4v) is 36.2. The molecule has 6 atom stereocenters. The van der Waals surface area contributed by atoms with E-state index >= 15 is 0 Å². The van der Waals surface area contributed by atoms with Crippen molar-refractivity contribution in [2.75, 3.05) is 39.6 Å². The van der Waals surface area contributed by atoms with Crippen molar-refractivity contribution in [3.05, 3.63) is 47.5 Å². The summed E-state index contributed by atoms with van der Waals surface area (Å²) in [6.45, 7) is 20.0. The number of ether oxygens (including phenoxy) is 6. The van der Waals surface area contributed by atoms with Crippen LogP contribution >= 0.6 is 0 Å². The first-order chi connectivity index (χ1) is 26.3. The van der Waals surface area contributed by atoms with E-state index in [1.54, 1.807) is 0 Å². The van der Waals surface area contributed by atoms with Gasteiger partial charge in [-0.1, -0.05) is 12.1 Å². The minimum atomic E-state index is -2.42. The van der Waals surface area contributed by atoms with Gasteiger partial charge in [0.05, 0.1) is 26.4 Å². The fraction of sp³-hybridized carbons (Fsp3) is 0.636. The van der Waals surface area contributed by atoms with Crippen molar-refractivity contribution < 1.29 is 61.3 Å². The van der Waals surface area contributed by atoms with E-state index in [0.29, 0.717) is 55.8 Å². The molecule has 308 valence electrons. The highest BCUT2D eigenvalue weighted by Crippen LogP contribution is 2.34. The molecule has 0 spiro atoms. The standard InChI is InChI=1S/C33H60O14Si8/c1-48-40-50(3)44-54(7,45-51(4)41-48)17-9-15-34-30-13-11-26(20-32(30)38-24-28-22-36-28)19-27-12-14-31(33(21-27)39-25-29-23-37-29)35-16-10-18-55(8)46-52(5)42-49(2)43-53(6)47-55/h11-14,20-21,28-29,48-53H,9-10,15-19,22-25H2,1-8H3. The van der Waals surface area contributed by atoms with Gasteiger partial charge in [-0.25, -0.2) is 0 Å². The van der Waals surface area contributed by atoms with Gasteiger partial charge in [-0.15, -0.1) is 0 Å². The molecular weight excluding hydrogens is 845 g/mol. The lowest BCUT2D eigenvalue weighted by Crippen LogP contribution is -2.53. The molecule has 2 aromatic rings. The summed E-state index contributed by atoms with van der Waals surface area (Å²) in [5, 5.41) is 0. The molecule has 6 unspecified atom stereocenters. The van der Waals surface area contributed by atoms with E-state index in [4.69, 9.17) is 61.3 Å². The number of rotatable bonds is 18. The molecule has 0 aliphatic carbocycles. The summed E-state index contributed by atoms with van der Waals surface area (Å²) < 4.78 is 86.1. The zero-order valence-corrected chi connectivity index (χ0v) is 42.5. The van der Waals surface area contributed by atoms with Crippen LogP contribution in [0.2, 0.25) is 64.5 Å². The second-order valence-electron chi connectivity index (χ2n) is 14.9. The average Bonchev–Trinajstić information content (AvgIpc) is 4.02. The SMILES string of the molecule is C[SiH]1O[SiH](C)O[Si](C)(CCCOc2ccc(Cc3ccc(OCCC[Si]4(C)O[SiH](C)O[SiH](C)O[SiH](C)O4)c(OCC4CO4)c3)cc2OCC2CO2)O[SiH](C)O1. The quantitative estimate of drug-likeness (QED) is 0.122. The highest BCUT2D eigenvalue weighted by atomic mass is 28.5. The molecular formula is C33H60O14Si8. The lowest BCUT2D eigenvalue weighted by molar-refractivity contribution is 0.238. The maximum atomic E-state index is 6.45. The van der Waals surface area contributed by atoms with Crippen molar-refractivity contribution >= 4 is 72.8 Å². The van der Waals surface area contributed by atoms with E-state index in [1.165, 1.54) is 0 Å². The van der Waals surface area contributed by atoms with Crippen LogP contribution in [0.3, 0.4) is 0 Å². The molecule has 0 aromatic heterocycles. The van der Waals surface area contributed by atoms with Gasteiger partial charge in [0.1, 0.15) is 25.4 Å². The summed E-state index contributed by atoms with van der Waals surface area (Å²) in [5.74, 6) is 2.83. The molecule has 6 rings (SSSR count). The maximum Gasteiger partial charge on any atom is 0.317 e. The second-order valence-corrected chi connectivity index (χ2v) is 35.3. The van der Waals surface area contributed by atoms with E-state index in [-0.39, 0.29) is 12.2 Å².